The van der Waals surface area contributed by atoms with E-state index < -0.39 is 23.4 Å². The topological polar surface area (TPSA) is 217 Å². The van der Waals surface area contributed by atoms with E-state index in [2.05, 4.69) is 15.3 Å². The van der Waals surface area contributed by atoms with Crippen molar-refractivity contribution in [3.05, 3.63) is 10.4 Å². The molecule has 0 unspecified atom stereocenters. The Balaban J connectivity index is 4.80. The van der Waals surface area contributed by atoms with Gasteiger partial charge in [0.1, 0.15) is 5.54 Å². The molecule has 0 atom stereocenters. The Labute approximate surface area is 222 Å². The van der Waals surface area contributed by atoms with Crippen molar-refractivity contribution in [2.75, 3.05) is 46.2 Å². The summed E-state index contributed by atoms with van der Waals surface area (Å²) in [6.07, 6.45) is 7.03. The highest BCUT2D eigenvalue weighted by atomic mass is 16.5. The van der Waals surface area contributed by atoms with Gasteiger partial charge < -0.3 is 34.8 Å². The van der Waals surface area contributed by atoms with Gasteiger partial charge in [-0.25, -0.2) is 0 Å². The van der Waals surface area contributed by atoms with Crippen LogP contribution in [0.5, 0.6) is 0 Å². The van der Waals surface area contributed by atoms with Crippen molar-refractivity contribution in [1.82, 2.24) is 5.32 Å². The van der Waals surface area contributed by atoms with Gasteiger partial charge in [-0.3, -0.25) is 19.2 Å². The third-order valence-electron chi connectivity index (χ3n) is 5.40. The summed E-state index contributed by atoms with van der Waals surface area (Å²) in [5.74, 6) is -3.46. The first-order valence-electron chi connectivity index (χ1n) is 12.9. The third kappa shape index (κ3) is 22.3. The molecule has 0 aromatic heterocycles. The van der Waals surface area contributed by atoms with Crippen LogP contribution in [-0.4, -0.2) is 90.9 Å². The van der Waals surface area contributed by atoms with E-state index in [-0.39, 0.29) is 71.2 Å². The van der Waals surface area contributed by atoms with Gasteiger partial charge in [0.2, 0.25) is 5.91 Å². The minimum Gasteiger partial charge on any atom is -0.481 e. The summed E-state index contributed by atoms with van der Waals surface area (Å²) in [6, 6.07) is 0. The molecule has 38 heavy (non-hydrogen) atoms. The quantitative estimate of drug-likeness (QED) is 0.0510. The fourth-order valence-corrected chi connectivity index (χ4v) is 3.45. The number of ether oxygens (including phenoxy) is 3. The number of azide groups is 1. The van der Waals surface area contributed by atoms with Crippen molar-refractivity contribution in [2.45, 2.75) is 82.6 Å². The zero-order valence-corrected chi connectivity index (χ0v) is 22.0. The predicted octanol–water partition coefficient (Wildman–Crippen LogP) is 3.14. The summed E-state index contributed by atoms with van der Waals surface area (Å²) in [6.45, 7) is -0.329. The minimum absolute atomic E-state index is 0.122. The zero-order chi connectivity index (χ0) is 28.5. The summed E-state index contributed by atoms with van der Waals surface area (Å²) in [5.41, 5.74) is 7.00. The first-order valence-corrected chi connectivity index (χ1v) is 12.9. The number of hydrogen-bond acceptors (Lipinski definition) is 8. The van der Waals surface area contributed by atoms with Gasteiger partial charge in [0.15, 0.2) is 0 Å². The lowest BCUT2D eigenvalue weighted by atomic mass is 10.0. The largest absolute Gasteiger partial charge is 0.481 e. The number of nitrogens with one attached hydrogen (secondary N) is 1. The molecule has 0 saturated heterocycles. The van der Waals surface area contributed by atoms with E-state index >= 15 is 0 Å². The van der Waals surface area contributed by atoms with Gasteiger partial charge in [0.25, 0.3) is 0 Å². The van der Waals surface area contributed by atoms with Crippen molar-refractivity contribution < 1.29 is 48.7 Å². The normalized spacial score (nSPS) is 11.1. The molecule has 1 amide bonds. The van der Waals surface area contributed by atoms with Crippen LogP contribution in [-0.2, 0) is 33.4 Å². The van der Waals surface area contributed by atoms with E-state index in [0.29, 0.717) is 13.0 Å². The first-order chi connectivity index (χ1) is 18.2. The summed E-state index contributed by atoms with van der Waals surface area (Å²) >= 11 is 0. The van der Waals surface area contributed by atoms with Gasteiger partial charge in [0, 0.05) is 17.9 Å². The molecular weight excluding hydrogens is 504 g/mol. The Morgan fingerprint density at radius 2 is 1.05 bits per heavy atom. The van der Waals surface area contributed by atoms with Crippen molar-refractivity contribution in [1.29, 1.82) is 0 Å². The number of hydrogen-bond donors (Lipinski definition) is 4. The summed E-state index contributed by atoms with van der Waals surface area (Å²) in [7, 11) is 0. The van der Waals surface area contributed by atoms with Crippen LogP contribution in [0.25, 0.3) is 10.4 Å². The van der Waals surface area contributed by atoms with Crippen LogP contribution in [0, 0.1) is 0 Å². The number of carboxylic acid groups (broad SMARTS) is 3. The third-order valence-corrected chi connectivity index (χ3v) is 5.40. The fourth-order valence-electron chi connectivity index (χ4n) is 3.45. The fraction of sp³-hybridized carbons (Fsp3) is 0.833. The minimum atomic E-state index is -1.25. The molecule has 14 nitrogen and oxygen atoms in total. The summed E-state index contributed by atoms with van der Waals surface area (Å²) in [5, 5.41) is 32.9. The number of unbranched alkanes of at least 4 members (excludes halogenated alkanes) is 7. The van der Waals surface area contributed by atoms with Gasteiger partial charge in [-0.15, -0.1) is 0 Å². The van der Waals surface area contributed by atoms with Crippen LogP contribution in [0.1, 0.15) is 77.0 Å². The van der Waals surface area contributed by atoms with Crippen LogP contribution in [0.3, 0.4) is 0 Å². The van der Waals surface area contributed by atoms with E-state index in [1.165, 1.54) is 0 Å². The second kappa shape index (κ2) is 23.2. The number of carboxylic acids is 3. The Morgan fingerprint density at radius 1 is 0.658 bits per heavy atom. The van der Waals surface area contributed by atoms with Crippen LogP contribution in [0.2, 0.25) is 0 Å². The molecule has 218 valence electrons. The molecule has 0 fully saturated rings. The predicted molar refractivity (Wildman–Crippen MR) is 136 cm³/mol. The number of amides is 1. The lowest BCUT2D eigenvalue weighted by Gasteiger charge is -2.34. The molecule has 14 heteroatoms. The molecule has 0 bridgehead atoms. The maximum absolute atomic E-state index is 12.7. The van der Waals surface area contributed by atoms with Gasteiger partial charge in [0.05, 0.1) is 58.9 Å². The maximum Gasteiger partial charge on any atom is 0.305 e. The molecule has 0 aliphatic rings. The molecule has 0 aliphatic carbocycles. The number of rotatable bonds is 27. The van der Waals surface area contributed by atoms with Gasteiger partial charge in [-0.2, -0.15) is 0 Å². The van der Waals surface area contributed by atoms with Gasteiger partial charge in [-0.05, 0) is 18.4 Å². The first kappa shape index (κ1) is 35.1. The molecule has 0 aromatic carbocycles. The number of nitrogens with zero attached hydrogens (tertiary/aromatic N) is 3. The smallest absolute Gasteiger partial charge is 0.305 e. The SMILES string of the molecule is [N-]=[N+]=NCCCCCCCCCCC(=O)NC(COCCC(=O)O)(COCCC(=O)O)COCCC(=O)O. The molecule has 0 rings (SSSR count). The van der Waals surface area contributed by atoms with E-state index in [9.17, 15) is 19.2 Å². The van der Waals surface area contributed by atoms with E-state index in [0.717, 1.165) is 44.9 Å². The van der Waals surface area contributed by atoms with E-state index in [1.54, 1.807) is 0 Å². The van der Waals surface area contributed by atoms with Crippen molar-refractivity contribution in [3.63, 3.8) is 0 Å². The van der Waals surface area contributed by atoms with Crippen LogP contribution in [0.4, 0.5) is 0 Å². The molecule has 4 N–H and O–H groups in total. The van der Waals surface area contributed by atoms with E-state index in [1.807, 2.05) is 0 Å². The average molecular weight is 547 g/mol. The lowest BCUT2D eigenvalue weighted by molar-refractivity contribution is -0.140. The number of carbonyl (C=O) groups is 4. The molecule has 0 saturated carbocycles. The highest BCUT2D eigenvalue weighted by molar-refractivity contribution is 5.76. The lowest BCUT2D eigenvalue weighted by Crippen LogP contribution is -2.58. The highest BCUT2D eigenvalue weighted by Gasteiger charge is 2.33. The number of carbonyl (C=O) groups excluding carboxylic acids is 1. The molecule has 0 aromatic rings. The molecule has 0 heterocycles. The Morgan fingerprint density at radius 3 is 1.45 bits per heavy atom. The van der Waals surface area contributed by atoms with Crippen LogP contribution in [0.15, 0.2) is 5.11 Å². The van der Waals surface area contributed by atoms with E-state index in [4.69, 9.17) is 35.1 Å². The van der Waals surface area contributed by atoms with Gasteiger partial charge in [-0.1, -0.05) is 43.6 Å². The second-order valence-corrected chi connectivity index (χ2v) is 8.95. The molecule has 0 aliphatic heterocycles. The monoisotopic (exact) mass is 546 g/mol. The zero-order valence-electron chi connectivity index (χ0n) is 22.0. The Kier molecular flexibility index (Phi) is 21.4. The van der Waals surface area contributed by atoms with Crippen LogP contribution >= 0.6 is 0 Å². The van der Waals surface area contributed by atoms with Crippen molar-refractivity contribution >= 4 is 23.8 Å². The molecule has 0 spiro atoms. The van der Waals surface area contributed by atoms with Crippen LogP contribution < -0.4 is 5.32 Å². The second-order valence-electron chi connectivity index (χ2n) is 8.95. The molecular formula is C24H42N4O10. The standard InChI is InChI=1S/C24H42N4O10/c25-28-26-13-8-6-4-2-1-3-5-7-9-20(29)27-24(17-36-14-10-21(30)31,18-37-15-11-22(32)33)19-38-16-12-23(34)35/h1-19H2,(H,27,29)(H,30,31)(H,32,33)(H,34,35). The Hall–Kier alpha value is -2.93. The van der Waals surface area contributed by atoms with Crippen molar-refractivity contribution in [2.24, 2.45) is 5.11 Å². The molecule has 0 radical (unpaired) electrons. The highest BCUT2D eigenvalue weighted by Crippen LogP contribution is 2.13. The number of aliphatic carboxylic acids is 3. The summed E-state index contributed by atoms with van der Waals surface area (Å²) < 4.78 is 16.4. The Bertz CT molecular complexity index is 689. The average Bonchev–Trinajstić information content (AvgIpc) is 2.85. The summed E-state index contributed by atoms with van der Waals surface area (Å²) in [4.78, 5) is 47.9. The van der Waals surface area contributed by atoms with Crippen molar-refractivity contribution in [3.8, 4) is 0 Å². The maximum atomic E-state index is 12.7. The van der Waals surface area contributed by atoms with Gasteiger partial charge >= 0.3 is 17.9 Å².